The largest absolute Gasteiger partial charge is 0.467 e. The molecule has 4 heterocycles. The molecule has 0 spiro atoms. The molecule has 1 aliphatic heterocycles. The van der Waals surface area contributed by atoms with Crippen LogP contribution in [0.4, 0.5) is 10.9 Å². The number of aryl methyl sites for hydroxylation is 1. The summed E-state index contributed by atoms with van der Waals surface area (Å²) in [6.07, 6.45) is 11.3. The number of hydrogen-bond donors (Lipinski definition) is 1. The van der Waals surface area contributed by atoms with E-state index >= 15 is 0 Å². The van der Waals surface area contributed by atoms with Gasteiger partial charge >= 0.3 is 0 Å². The van der Waals surface area contributed by atoms with Crippen molar-refractivity contribution in [1.82, 2.24) is 5.32 Å². The maximum absolute atomic E-state index is 13.1. The third-order valence-corrected chi connectivity index (χ3v) is 7.17. The molecule has 31 heavy (non-hydrogen) atoms. The molecule has 1 fully saturated rings. The van der Waals surface area contributed by atoms with Gasteiger partial charge in [-0.3, -0.25) is 4.79 Å². The average Bonchev–Trinajstić information content (AvgIpc) is 3.56. The molecule has 3 aromatic heterocycles. The molecule has 7 heteroatoms. The van der Waals surface area contributed by atoms with Gasteiger partial charge in [-0.05, 0) is 68.7 Å². The number of aliphatic imine (C=N–C) groups is 1. The van der Waals surface area contributed by atoms with E-state index in [0.29, 0.717) is 17.9 Å². The Bertz CT molecular complexity index is 1060. The zero-order chi connectivity index (χ0) is 21.0. The van der Waals surface area contributed by atoms with Crippen LogP contribution in [0.1, 0.15) is 64.4 Å². The second-order valence-corrected chi connectivity index (χ2v) is 9.22. The summed E-state index contributed by atoms with van der Waals surface area (Å²) in [5.41, 5.74) is 1.87. The Morgan fingerprint density at radius 3 is 2.84 bits per heavy atom. The Labute approximate surface area is 186 Å². The highest BCUT2D eigenvalue weighted by Crippen LogP contribution is 2.40. The van der Waals surface area contributed by atoms with E-state index in [1.807, 2.05) is 24.3 Å². The third-order valence-electron chi connectivity index (χ3n) is 5.97. The molecular weight excluding hydrogens is 410 g/mol. The van der Waals surface area contributed by atoms with Crippen LogP contribution < -0.4 is 10.2 Å². The number of carbonyl (C=O) groups excluding carboxylic acids is 1. The van der Waals surface area contributed by atoms with Crippen LogP contribution in [0.3, 0.4) is 0 Å². The number of piperidine rings is 1. The molecule has 1 amide bonds. The molecule has 5 rings (SSSR count). The smallest absolute Gasteiger partial charge is 0.255 e. The maximum atomic E-state index is 13.1. The van der Waals surface area contributed by atoms with Gasteiger partial charge < -0.3 is 19.1 Å². The molecule has 2 aliphatic rings. The van der Waals surface area contributed by atoms with Gasteiger partial charge in [0.05, 0.1) is 24.6 Å². The van der Waals surface area contributed by atoms with Crippen LogP contribution in [0.15, 0.2) is 44.4 Å². The fraction of sp³-hybridized carbons (Fsp3) is 0.417. The van der Waals surface area contributed by atoms with E-state index in [0.717, 1.165) is 54.6 Å². The Morgan fingerprint density at radius 2 is 2.00 bits per heavy atom. The summed E-state index contributed by atoms with van der Waals surface area (Å²) in [4.78, 5) is 21.3. The van der Waals surface area contributed by atoms with Crippen LogP contribution in [0.5, 0.6) is 0 Å². The number of thiophene rings is 1. The highest BCUT2D eigenvalue weighted by molar-refractivity contribution is 7.16. The quantitative estimate of drug-likeness (QED) is 0.518. The Hall–Kier alpha value is -2.80. The molecule has 0 unspecified atom stereocenters. The number of amides is 1. The zero-order valence-electron chi connectivity index (χ0n) is 17.6. The highest BCUT2D eigenvalue weighted by atomic mass is 32.1. The van der Waals surface area contributed by atoms with Crippen molar-refractivity contribution in [3.05, 3.63) is 58.1 Å². The van der Waals surface area contributed by atoms with Gasteiger partial charge in [0.1, 0.15) is 16.5 Å². The second-order valence-electron chi connectivity index (χ2n) is 8.14. The van der Waals surface area contributed by atoms with Gasteiger partial charge in [0.2, 0.25) is 0 Å². The maximum Gasteiger partial charge on any atom is 0.255 e. The zero-order valence-corrected chi connectivity index (χ0v) is 18.4. The molecule has 0 bridgehead atoms. The van der Waals surface area contributed by atoms with Crippen molar-refractivity contribution in [1.29, 1.82) is 0 Å². The van der Waals surface area contributed by atoms with E-state index < -0.39 is 0 Å². The van der Waals surface area contributed by atoms with Gasteiger partial charge in [-0.15, -0.1) is 11.3 Å². The number of carbonyl (C=O) groups is 1. The summed E-state index contributed by atoms with van der Waals surface area (Å²) in [5, 5.41) is 3.76. The van der Waals surface area contributed by atoms with Gasteiger partial charge in [-0.25, -0.2) is 4.99 Å². The minimum atomic E-state index is -0.0867. The number of anilines is 1. The predicted octanol–water partition coefficient (Wildman–Crippen LogP) is 5.48. The van der Waals surface area contributed by atoms with Crippen molar-refractivity contribution >= 4 is 34.3 Å². The van der Waals surface area contributed by atoms with Crippen molar-refractivity contribution in [3.8, 4) is 0 Å². The number of nitrogens with one attached hydrogen (secondary N) is 1. The van der Waals surface area contributed by atoms with Crippen LogP contribution in [-0.2, 0) is 19.4 Å². The van der Waals surface area contributed by atoms with E-state index in [-0.39, 0.29) is 5.91 Å². The molecular formula is C24H27N3O3S. The van der Waals surface area contributed by atoms with E-state index in [1.165, 1.54) is 30.6 Å². The summed E-state index contributed by atoms with van der Waals surface area (Å²) in [6.45, 7) is 2.46. The van der Waals surface area contributed by atoms with E-state index in [1.54, 1.807) is 23.8 Å². The summed E-state index contributed by atoms with van der Waals surface area (Å²) >= 11 is 1.63. The topological polar surface area (TPSA) is 71.0 Å². The number of fused-ring (bicyclic) bond motifs is 1. The number of nitrogens with zero attached hydrogens (tertiary/aromatic N) is 2. The lowest BCUT2D eigenvalue weighted by Crippen LogP contribution is -2.28. The SMILES string of the molecule is O=C(NCc1ccco1)c1c(N=Cc2ccc(N3CCCCC3)o2)sc2c1CCCC2. The standard InChI is InChI=1S/C24H27N3O3S/c28-23(25-15-17-7-6-14-29-17)22-19-8-2-3-9-20(19)31-24(22)26-16-18-10-11-21(30-18)27-12-4-1-5-13-27/h6-7,10-11,14,16H,1-5,8-9,12-13,15H2,(H,25,28). The third kappa shape index (κ3) is 4.46. The molecule has 0 aromatic carbocycles. The number of rotatable bonds is 6. The lowest BCUT2D eigenvalue weighted by molar-refractivity contribution is 0.0948. The summed E-state index contributed by atoms with van der Waals surface area (Å²) in [7, 11) is 0. The lowest BCUT2D eigenvalue weighted by Gasteiger charge is -2.25. The van der Waals surface area contributed by atoms with Crippen LogP contribution in [0, 0.1) is 0 Å². The van der Waals surface area contributed by atoms with Crippen molar-refractivity contribution in [3.63, 3.8) is 0 Å². The molecule has 0 saturated carbocycles. The van der Waals surface area contributed by atoms with Crippen LogP contribution in [0.25, 0.3) is 0 Å². The van der Waals surface area contributed by atoms with Gasteiger partial charge in [-0.1, -0.05) is 0 Å². The first kappa shape index (κ1) is 20.1. The molecule has 1 aliphatic carbocycles. The van der Waals surface area contributed by atoms with E-state index in [9.17, 15) is 4.79 Å². The summed E-state index contributed by atoms with van der Waals surface area (Å²) in [6, 6.07) is 7.66. The van der Waals surface area contributed by atoms with E-state index in [4.69, 9.17) is 13.8 Å². The highest BCUT2D eigenvalue weighted by Gasteiger charge is 2.25. The van der Waals surface area contributed by atoms with Crippen LogP contribution in [0.2, 0.25) is 0 Å². The van der Waals surface area contributed by atoms with Crippen molar-refractivity contribution in [2.24, 2.45) is 4.99 Å². The Balaban J connectivity index is 1.36. The molecule has 0 radical (unpaired) electrons. The van der Waals surface area contributed by atoms with Crippen LogP contribution in [-0.4, -0.2) is 25.2 Å². The van der Waals surface area contributed by atoms with E-state index in [2.05, 4.69) is 10.2 Å². The molecule has 3 aromatic rings. The van der Waals surface area contributed by atoms with Crippen LogP contribution >= 0.6 is 11.3 Å². The predicted molar refractivity (Wildman–Crippen MR) is 123 cm³/mol. The summed E-state index contributed by atoms with van der Waals surface area (Å²) in [5.74, 6) is 2.27. The average molecular weight is 438 g/mol. The Morgan fingerprint density at radius 1 is 1.13 bits per heavy atom. The van der Waals surface area contributed by atoms with Crippen molar-refractivity contribution < 1.29 is 13.6 Å². The first-order valence-electron chi connectivity index (χ1n) is 11.1. The molecule has 162 valence electrons. The fourth-order valence-electron chi connectivity index (χ4n) is 4.36. The van der Waals surface area contributed by atoms with Gasteiger partial charge in [0.25, 0.3) is 5.91 Å². The number of furan rings is 2. The molecule has 0 atom stereocenters. The lowest BCUT2D eigenvalue weighted by atomic mass is 9.95. The normalized spacial score (nSPS) is 16.6. The molecule has 1 N–H and O–H groups in total. The second kappa shape index (κ2) is 9.14. The first-order chi connectivity index (χ1) is 15.3. The van der Waals surface area contributed by atoms with Crippen molar-refractivity contribution in [2.45, 2.75) is 51.5 Å². The number of hydrogen-bond acceptors (Lipinski definition) is 6. The van der Waals surface area contributed by atoms with Crippen molar-refractivity contribution in [2.75, 3.05) is 18.0 Å². The Kier molecular flexibility index (Phi) is 5.93. The molecule has 1 saturated heterocycles. The van der Waals surface area contributed by atoms with Gasteiger partial charge in [-0.2, -0.15) is 0 Å². The summed E-state index contributed by atoms with van der Waals surface area (Å²) < 4.78 is 11.4. The molecule has 6 nitrogen and oxygen atoms in total. The van der Waals surface area contributed by atoms with Gasteiger partial charge in [0, 0.05) is 24.0 Å². The first-order valence-corrected chi connectivity index (χ1v) is 11.9. The van der Waals surface area contributed by atoms with Gasteiger partial charge in [0.15, 0.2) is 5.88 Å². The fourth-order valence-corrected chi connectivity index (χ4v) is 5.59. The monoisotopic (exact) mass is 437 g/mol. The minimum absolute atomic E-state index is 0.0867. The minimum Gasteiger partial charge on any atom is -0.467 e.